The van der Waals surface area contributed by atoms with Gasteiger partial charge in [-0.3, -0.25) is 5.41 Å². The van der Waals surface area contributed by atoms with Gasteiger partial charge >= 0.3 is 0 Å². The van der Waals surface area contributed by atoms with Gasteiger partial charge in [-0.2, -0.15) is 0 Å². The first kappa shape index (κ1) is 19.8. The van der Waals surface area contributed by atoms with Crippen molar-refractivity contribution < 1.29 is 4.74 Å². The summed E-state index contributed by atoms with van der Waals surface area (Å²) in [6, 6.07) is 6.31. The summed E-state index contributed by atoms with van der Waals surface area (Å²) >= 11 is 4.97. The maximum atomic E-state index is 7.44. The van der Waals surface area contributed by atoms with E-state index in [9.17, 15) is 0 Å². The number of hydrogen-bond donors (Lipinski definition) is 2. The van der Waals surface area contributed by atoms with Crippen molar-refractivity contribution in [2.45, 2.75) is 63.9 Å². The highest BCUT2D eigenvalue weighted by Crippen LogP contribution is 2.48. The van der Waals surface area contributed by atoms with Crippen LogP contribution in [0.15, 0.2) is 28.7 Å². The lowest BCUT2D eigenvalue weighted by Crippen LogP contribution is -2.42. The van der Waals surface area contributed by atoms with Gasteiger partial charge in [0.2, 0.25) is 0 Å². The predicted molar refractivity (Wildman–Crippen MR) is 116 cm³/mol. The minimum absolute atomic E-state index is 0.0454. The third-order valence-electron chi connectivity index (χ3n) is 5.68. The van der Waals surface area contributed by atoms with Crippen molar-refractivity contribution in [1.82, 2.24) is 0 Å². The van der Waals surface area contributed by atoms with E-state index in [-0.39, 0.29) is 10.8 Å². The molecule has 26 heavy (non-hydrogen) atoms. The second kappa shape index (κ2) is 8.83. The van der Waals surface area contributed by atoms with Gasteiger partial charge in [0.25, 0.3) is 0 Å². The van der Waals surface area contributed by atoms with Gasteiger partial charge in [-0.1, -0.05) is 60.0 Å². The molecule has 1 aliphatic carbocycles. The Labute approximate surface area is 169 Å². The Morgan fingerprint density at radius 1 is 1.42 bits per heavy atom. The maximum Gasteiger partial charge on any atom is 0.151 e. The number of amidine groups is 1. The monoisotopic (exact) mass is 436 g/mol. The molecule has 0 saturated heterocycles. The lowest BCUT2D eigenvalue weighted by Gasteiger charge is -2.44. The van der Waals surface area contributed by atoms with E-state index < -0.39 is 0 Å². The summed E-state index contributed by atoms with van der Waals surface area (Å²) in [4.78, 5) is 0. The van der Waals surface area contributed by atoms with Crippen LogP contribution in [-0.2, 0) is 0 Å². The molecule has 142 valence electrons. The van der Waals surface area contributed by atoms with Gasteiger partial charge in [0.05, 0.1) is 0 Å². The van der Waals surface area contributed by atoms with E-state index in [0.717, 1.165) is 41.2 Å². The first-order valence-electron chi connectivity index (χ1n) is 9.66. The molecule has 0 atom stereocenters. The van der Waals surface area contributed by atoms with E-state index in [0.29, 0.717) is 0 Å². The number of fused-ring (bicyclic) bond motifs is 1. The Balaban J connectivity index is 1.78. The Morgan fingerprint density at radius 3 is 2.88 bits per heavy atom. The van der Waals surface area contributed by atoms with Crippen LogP contribution in [0.2, 0.25) is 0 Å². The molecule has 1 aromatic rings. The van der Waals surface area contributed by atoms with Crippen LogP contribution in [-0.4, -0.2) is 16.5 Å². The van der Waals surface area contributed by atoms with Gasteiger partial charge in [-0.05, 0) is 55.4 Å². The van der Waals surface area contributed by atoms with Gasteiger partial charge in [0, 0.05) is 22.2 Å². The first-order chi connectivity index (χ1) is 12.5. The standard InChI is InChI=1S/C21H29BrN2OS/c1-2-3-4-15-7-10-21(11-8-15)14-16(9-12-26-20(23)24)18-13-17(22)5-6-19(18)25-21/h5-6,9,13,15H,2-4,7-8,10-12,14H2,1H3,(H3,23,24). The zero-order chi connectivity index (χ0) is 18.6. The molecule has 1 aromatic carbocycles. The van der Waals surface area contributed by atoms with Gasteiger partial charge < -0.3 is 10.5 Å². The molecule has 5 heteroatoms. The highest BCUT2D eigenvalue weighted by Gasteiger charge is 2.41. The molecular formula is C21H29BrN2OS. The minimum Gasteiger partial charge on any atom is -0.486 e. The summed E-state index contributed by atoms with van der Waals surface area (Å²) in [6.45, 7) is 2.28. The third-order valence-corrected chi connectivity index (χ3v) is 6.82. The molecular weight excluding hydrogens is 408 g/mol. The highest BCUT2D eigenvalue weighted by molar-refractivity contribution is 9.10. The fraction of sp³-hybridized carbons (Fsp3) is 0.571. The van der Waals surface area contributed by atoms with Gasteiger partial charge in [0.1, 0.15) is 11.4 Å². The number of nitrogens with two attached hydrogens (primary N) is 1. The summed E-state index contributed by atoms with van der Waals surface area (Å²) in [7, 11) is 0. The fourth-order valence-electron chi connectivity index (χ4n) is 4.23. The Kier molecular flexibility index (Phi) is 6.73. The zero-order valence-corrected chi connectivity index (χ0v) is 17.9. The number of unbranched alkanes of at least 4 members (excludes halogenated alkanes) is 1. The smallest absolute Gasteiger partial charge is 0.151 e. The lowest BCUT2D eigenvalue weighted by molar-refractivity contribution is 0.0131. The topological polar surface area (TPSA) is 59.1 Å². The number of halogens is 1. The van der Waals surface area contributed by atoms with Gasteiger partial charge in [0.15, 0.2) is 5.17 Å². The van der Waals surface area contributed by atoms with Crippen molar-refractivity contribution in [1.29, 1.82) is 5.41 Å². The third kappa shape index (κ3) is 4.86. The fourth-order valence-corrected chi connectivity index (χ4v) is 5.06. The minimum atomic E-state index is -0.0454. The number of ether oxygens (including phenoxy) is 1. The summed E-state index contributed by atoms with van der Waals surface area (Å²) in [5.41, 5.74) is 7.98. The molecule has 0 bridgehead atoms. The normalized spacial score (nSPS) is 26.5. The zero-order valence-electron chi connectivity index (χ0n) is 15.5. The number of hydrogen-bond acceptors (Lipinski definition) is 3. The molecule has 0 radical (unpaired) electrons. The van der Waals surface area contributed by atoms with Crippen LogP contribution in [0.5, 0.6) is 5.75 Å². The second-order valence-electron chi connectivity index (χ2n) is 7.59. The molecule has 0 unspecified atom stereocenters. The van der Waals surface area contributed by atoms with Crippen molar-refractivity contribution in [2.24, 2.45) is 11.7 Å². The van der Waals surface area contributed by atoms with E-state index in [1.807, 2.05) is 0 Å². The van der Waals surface area contributed by atoms with Crippen LogP contribution < -0.4 is 10.5 Å². The molecule has 2 aliphatic rings. The van der Waals surface area contributed by atoms with Crippen molar-refractivity contribution in [2.75, 3.05) is 5.75 Å². The van der Waals surface area contributed by atoms with Crippen molar-refractivity contribution >= 4 is 38.4 Å². The van der Waals surface area contributed by atoms with E-state index in [1.54, 1.807) is 0 Å². The summed E-state index contributed by atoms with van der Waals surface area (Å²) in [6.07, 6.45) is 12.1. The van der Waals surface area contributed by atoms with E-state index in [1.165, 1.54) is 55.0 Å². The molecule has 0 amide bonds. The summed E-state index contributed by atoms with van der Waals surface area (Å²) < 4.78 is 7.66. The molecule has 1 spiro atoms. The van der Waals surface area contributed by atoms with Crippen LogP contribution in [0.4, 0.5) is 0 Å². The molecule has 3 nitrogen and oxygen atoms in total. The first-order valence-corrected chi connectivity index (χ1v) is 11.4. The highest BCUT2D eigenvalue weighted by atomic mass is 79.9. The SMILES string of the molecule is CCCCC1CCC2(CC1)CC(=CCSC(=N)N)c1cc(Br)ccc1O2. The van der Waals surface area contributed by atoms with E-state index in [4.69, 9.17) is 15.9 Å². The number of thioether (sulfide) groups is 1. The van der Waals surface area contributed by atoms with Crippen LogP contribution >= 0.6 is 27.7 Å². The Bertz CT molecular complexity index is 681. The lowest BCUT2D eigenvalue weighted by atomic mass is 9.72. The average Bonchev–Trinajstić information content (AvgIpc) is 2.62. The van der Waals surface area contributed by atoms with Crippen LogP contribution in [0, 0.1) is 11.3 Å². The van der Waals surface area contributed by atoms with E-state index in [2.05, 4.69) is 47.1 Å². The van der Waals surface area contributed by atoms with Gasteiger partial charge in [-0.15, -0.1) is 0 Å². The van der Waals surface area contributed by atoms with Crippen LogP contribution in [0.1, 0.15) is 63.9 Å². The molecule has 1 aliphatic heterocycles. The quantitative estimate of drug-likeness (QED) is 0.416. The van der Waals surface area contributed by atoms with Crippen LogP contribution in [0.3, 0.4) is 0 Å². The second-order valence-corrected chi connectivity index (χ2v) is 9.57. The van der Waals surface area contributed by atoms with Crippen molar-refractivity contribution in [3.05, 3.63) is 34.3 Å². The summed E-state index contributed by atoms with van der Waals surface area (Å²) in [5, 5.41) is 7.61. The van der Waals surface area contributed by atoms with Crippen molar-refractivity contribution in [3.8, 4) is 5.75 Å². The van der Waals surface area contributed by atoms with Crippen molar-refractivity contribution in [3.63, 3.8) is 0 Å². The number of rotatable bonds is 5. The molecule has 1 heterocycles. The van der Waals surface area contributed by atoms with Gasteiger partial charge in [-0.25, -0.2) is 0 Å². The maximum absolute atomic E-state index is 7.44. The predicted octanol–water partition coefficient (Wildman–Crippen LogP) is 6.36. The number of benzene rings is 1. The number of nitrogens with one attached hydrogen (secondary N) is 1. The average molecular weight is 437 g/mol. The van der Waals surface area contributed by atoms with E-state index >= 15 is 0 Å². The molecule has 3 N–H and O–H groups in total. The molecule has 3 rings (SSSR count). The van der Waals surface area contributed by atoms with Crippen LogP contribution in [0.25, 0.3) is 5.57 Å². The summed E-state index contributed by atoms with van der Waals surface area (Å²) in [5.74, 6) is 2.62. The Morgan fingerprint density at radius 2 is 2.19 bits per heavy atom. The Hall–Kier alpha value is -0.940. The largest absolute Gasteiger partial charge is 0.486 e. The molecule has 1 saturated carbocycles. The molecule has 0 aromatic heterocycles. The molecule has 1 fully saturated rings.